The van der Waals surface area contributed by atoms with Crippen LogP contribution in [0.3, 0.4) is 0 Å². The molecule has 4 rings (SSSR count). The van der Waals surface area contributed by atoms with Gasteiger partial charge >= 0.3 is 0 Å². The fourth-order valence-corrected chi connectivity index (χ4v) is 4.78. The topological polar surface area (TPSA) is 58.1 Å². The zero-order chi connectivity index (χ0) is 22.3. The first-order valence-corrected chi connectivity index (χ1v) is 12.0. The Labute approximate surface area is 192 Å². The van der Waals surface area contributed by atoms with Crippen LogP contribution in [0.25, 0.3) is 0 Å². The predicted molar refractivity (Wildman–Crippen MR) is 126 cm³/mol. The van der Waals surface area contributed by atoms with Crippen LogP contribution in [0.5, 0.6) is 0 Å². The molecule has 0 bridgehead atoms. The Kier molecular flexibility index (Phi) is 7.47. The Morgan fingerprint density at radius 1 is 1.19 bits per heavy atom. The minimum atomic E-state index is -0.243. The summed E-state index contributed by atoms with van der Waals surface area (Å²) in [5.41, 5.74) is 2.28. The van der Waals surface area contributed by atoms with Crippen LogP contribution in [0, 0.1) is 11.7 Å². The highest BCUT2D eigenvalue weighted by Gasteiger charge is 2.28. The first-order chi connectivity index (χ1) is 15.6. The van der Waals surface area contributed by atoms with Crippen LogP contribution in [-0.2, 0) is 17.6 Å². The fraction of sp³-hybridized carbons (Fsp3) is 0.400. The van der Waals surface area contributed by atoms with E-state index in [1.807, 2.05) is 18.2 Å². The van der Waals surface area contributed by atoms with Crippen molar-refractivity contribution in [1.29, 1.82) is 0 Å². The summed E-state index contributed by atoms with van der Waals surface area (Å²) in [5.74, 6) is 0.587. The minimum Gasteiger partial charge on any atom is -0.353 e. The van der Waals surface area contributed by atoms with Crippen molar-refractivity contribution in [1.82, 2.24) is 14.7 Å². The lowest BCUT2D eigenvalue weighted by Gasteiger charge is -2.32. The first-order valence-electron chi connectivity index (χ1n) is 11.2. The molecule has 1 saturated heterocycles. The van der Waals surface area contributed by atoms with Gasteiger partial charge in [0, 0.05) is 37.1 Å². The number of aryl methyl sites for hydroxylation is 1. The monoisotopic (exact) mass is 452 g/mol. The van der Waals surface area contributed by atoms with Gasteiger partial charge in [0.05, 0.1) is 5.92 Å². The Balaban J connectivity index is 1.28. The smallest absolute Gasteiger partial charge is 0.225 e. The average Bonchev–Trinajstić information content (AvgIpc) is 3.28. The van der Waals surface area contributed by atoms with E-state index in [0.29, 0.717) is 13.0 Å². The summed E-state index contributed by atoms with van der Waals surface area (Å²) in [7, 11) is 0. The molecule has 7 heteroatoms. The van der Waals surface area contributed by atoms with Crippen molar-refractivity contribution in [2.45, 2.75) is 45.1 Å². The number of rotatable bonds is 8. The highest BCUT2D eigenvalue weighted by molar-refractivity contribution is 7.09. The first kappa shape index (κ1) is 22.4. The maximum atomic E-state index is 13.1. The number of piperidine rings is 1. The van der Waals surface area contributed by atoms with E-state index in [1.165, 1.54) is 29.2 Å². The number of nitrogens with one attached hydrogen (secondary N) is 1. The predicted octanol–water partition coefficient (Wildman–Crippen LogP) is 4.62. The van der Waals surface area contributed by atoms with Crippen molar-refractivity contribution >= 4 is 22.6 Å². The van der Waals surface area contributed by atoms with Gasteiger partial charge < -0.3 is 10.2 Å². The molecule has 2 aromatic carbocycles. The van der Waals surface area contributed by atoms with Crippen LogP contribution in [0.15, 0.2) is 54.6 Å². The standard InChI is InChI=1S/C25H29FN4OS/c1-18(9-10-19-6-3-2-4-7-19)27-24(31)21-8-5-15-30(17-21)25-28-23(29-32-25)16-20-11-13-22(26)14-12-20/h2-4,6-7,11-14,18,21H,5,8-10,15-17H2,1H3,(H,27,31). The van der Waals surface area contributed by atoms with Crippen LogP contribution >= 0.6 is 11.5 Å². The maximum absolute atomic E-state index is 13.1. The molecule has 1 fully saturated rings. The molecule has 0 aliphatic carbocycles. The number of amides is 1. The van der Waals surface area contributed by atoms with Crippen molar-refractivity contribution in [3.8, 4) is 0 Å². The van der Waals surface area contributed by atoms with Gasteiger partial charge in [0.1, 0.15) is 11.6 Å². The number of hydrogen-bond donors (Lipinski definition) is 1. The van der Waals surface area contributed by atoms with Crippen molar-refractivity contribution in [3.05, 3.63) is 77.4 Å². The van der Waals surface area contributed by atoms with Gasteiger partial charge in [-0.3, -0.25) is 4.79 Å². The van der Waals surface area contributed by atoms with E-state index in [2.05, 4.69) is 38.6 Å². The number of carbonyl (C=O) groups is 1. The van der Waals surface area contributed by atoms with Crippen LogP contribution in [-0.4, -0.2) is 34.4 Å². The van der Waals surface area contributed by atoms with Gasteiger partial charge in [-0.05, 0) is 55.9 Å². The van der Waals surface area contributed by atoms with Crippen LogP contribution in [0.1, 0.15) is 43.1 Å². The lowest BCUT2D eigenvalue weighted by atomic mass is 9.96. The minimum absolute atomic E-state index is 0.0348. The summed E-state index contributed by atoms with van der Waals surface area (Å²) in [6.07, 6.45) is 4.32. The molecule has 2 heterocycles. The van der Waals surface area contributed by atoms with E-state index in [9.17, 15) is 9.18 Å². The second-order valence-corrected chi connectivity index (χ2v) is 9.25. The molecular formula is C25H29FN4OS. The average molecular weight is 453 g/mol. The van der Waals surface area contributed by atoms with Gasteiger partial charge in [-0.15, -0.1) is 0 Å². The van der Waals surface area contributed by atoms with E-state index in [-0.39, 0.29) is 23.7 Å². The number of hydrogen-bond acceptors (Lipinski definition) is 5. The molecule has 5 nitrogen and oxygen atoms in total. The van der Waals surface area contributed by atoms with Crippen LogP contribution in [0.4, 0.5) is 9.52 Å². The van der Waals surface area contributed by atoms with E-state index < -0.39 is 0 Å². The molecule has 0 spiro atoms. The van der Waals surface area contributed by atoms with Crippen molar-refractivity contribution in [2.24, 2.45) is 5.92 Å². The molecule has 1 aromatic heterocycles. The number of halogens is 1. The number of anilines is 1. The summed E-state index contributed by atoms with van der Waals surface area (Å²) < 4.78 is 17.6. The molecular weight excluding hydrogens is 423 g/mol. The largest absolute Gasteiger partial charge is 0.353 e. The van der Waals surface area contributed by atoms with Crippen LogP contribution < -0.4 is 10.2 Å². The second-order valence-electron chi connectivity index (χ2n) is 8.52. The third kappa shape index (κ3) is 6.13. The van der Waals surface area contributed by atoms with E-state index >= 15 is 0 Å². The molecule has 168 valence electrons. The maximum Gasteiger partial charge on any atom is 0.225 e. The molecule has 32 heavy (non-hydrogen) atoms. The summed E-state index contributed by atoms with van der Waals surface area (Å²) in [6, 6.07) is 16.9. The lowest BCUT2D eigenvalue weighted by Crippen LogP contribution is -2.45. The van der Waals surface area contributed by atoms with Gasteiger partial charge in [0.2, 0.25) is 11.0 Å². The van der Waals surface area contributed by atoms with E-state index in [1.54, 1.807) is 12.1 Å². The molecule has 0 saturated carbocycles. The van der Waals surface area contributed by atoms with Gasteiger partial charge in [-0.2, -0.15) is 4.37 Å². The normalized spacial score (nSPS) is 17.2. The van der Waals surface area contributed by atoms with Gasteiger partial charge in [0.15, 0.2) is 0 Å². The molecule has 1 N–H and O–H groups in total. The second kappa shape index (κ2) is 10.7. The Morgan fingerprint density at radius 2 is 1.97 bits per heavy atom. The molecule has 2 atom stereocenters. The summed E-state index contributed by atoms with van der Waals surface area (Å²) in [4.78, 5) is 19.7. The Hall–Kier alpha value is -2.80. The number of nitrogens with zero attached hydrogens (tertiary/aromatic N) is 3. The highest BCUT2D eigenvalue weighted by Crippen LogP contribution is 2.25. The quantitative estimate of drug-likeness (QED) is 0.542. The van der Waals surface area contributed by atoms with Crippen molar-refractivity contribution in [2.75, 3.05) is 18.0 Å². The number of benzene rings is 2. The molecule has 1 aliphatic rings. The highest BCUT2D eigenvalue weighted by atomic mass is 32.1. The Morgan fingerprint density at radius 3 is 2.75 bits per heavy atom. The fourth-order valence-electron chi connectivity index (χ4n) is 4.06. The Bertz CT molecular complexity index is 1010. The van der Waals surface area contributed by atoms with E-state index in [4.69, 9.17) is 0 Å². The van der Waals surface area contributed by atoms with Gasteiger partial charge in [0.25, 0.3) is 0 Å². The number of aromatic nitrogens is 2. The third-order valence-electron chi connectivity index (χ3n) is 5.89. The summed E-state index contributed by atoms with van der Waals surface area (Å²) >= 11 is 1.37. The van der Waals surface area contributed by atoms with Crippen molar-refractivity contribution < 1.29 is 9.18 Å². The molecule has 1 aliphatic heterocycles. The molecule has 1 amide bonds. The zero-order valence-corrected chi connectivity index (χ0v) is 19.2. The molecule has 0 radical (unpaired) electrons. The van der Waals surface area contributed by atoms with E-state index in [0.717, 1.165) is 48.7 Å². The molecule has 3 aromatic rings. The van der Waals surface area contributed by atoms with Gasteiger partial charge in [-0.25, -0.2) is 9.37 Å². The molecule has 2 unspecified atom stereocenters. The van der Waals surface area contributed by atoms with Crippen molar-refractivity contribution in [3.63, 3.8) is 0 Å². The lowest BCUT2D eigenvalue weighted by molar-refractivity contribution is -0.125. The third-order valence-corrected chi connectivity index (χ3v) is 6.71. The van der Waals surface area contributed by atoms with Crippen LogP contribution in [0.2, 0.25) is 0 Å². The SMILES string of the molecule is CC(CCc1ccccc1)NC(=O)C1CCCN(c2nc(Cc3ccc(F)cc3)ns2)C1. The summed E-state index contributed by atoms with van der Waals surface area (Å²) in [5, 5.41) is 4.06. The van der Waals surface area contributed by atoms with Gasteiger partial charge in [-0.1, -0.05) is 42.5 Å². The zero-order valence-electron chi connectivity index (χ0n) is 18.3. The summed E-state index contributed by atoms with van der Waals surface area (Å²) in [6.45, 7) is 3.63. The number of carbonyl (C=O) groups excluding carboxylic acids is 1.